The Bertz CT molecular complexity index is 834. The molecule has 0 spiro atoms. The van der Waals surface area contributed by atoms with Gasteiger partial charge in [-0.25, -0.2) is 4.68 Å². The molecule has 0 N–H and O–H groups in total. The summed E-state index contributed by atoms with van der Waals surface area (Å²) in [5.74, 6) is 0. The summed E-state index contributed by atoms with van der Waals surface area (Å²) >= 11 is 0. The van der Waals surface area contributed by atoms with Gasteiger partial charge in [-0.2, -0.15) is 18.3 Å². The van der Waals surface area contributed by atoms with Gasteiger partial charge >= 0.3 is 6.18 Å². The first-order valence-corrected chi connectivity index (χ1v) is 8.81. The van der Waals surface area contributed by atoms with E-state index in [4.69, 9.17) is 0 Å². The van der Waals surface area contributed by atoms with Gasteiger partial charge in [-0.1, -0.05) is 62.2 Å². The number of benzene rings is 2. The number of para-hydroxylation sites is 1. The van der Waals surface area contributed by atoms with Crippen LogP contribution in [0.25, 0.3) is 16.9 Å². The second kappa shape index (κ2) is 7.77. The summed E-state index contributed by atoms with van der Waals surface area (Å²) in [4.78, 5) is 0. The summed E-state index contributed by atoms with van der Waals surface area (Å²) in [5.41, 5.74) is 2.07. The molecule has 0 unspecified atom stereocenters. The van der Waals surface area contributed by atoms with E-state index in [2.05, 4.69) is 12.0 Å². The van der Waals surface area contributed by atoms with Crippen molar-refractivity contribution in [3.8, 4) is 16.9 Å². The van der Waals surface area contributed by atoms with Crippen LogP contribution in [-0.4, -0.2) is 9.78 Å². The molecule has 0 aliphatic rings. The SMILES string of the molecule is CCCCCc1ccc(-c2cc(C(F)(F)F)nn2-c2ccccc2)cc1. The van der Waals surface area contributed by atoms with Gasteiger partial charge in [0.15, 0.2) is 5.69 Å². The Kier molecular flexibility index (Phi) is 5.45. The lowest BCUT2D eigenvalue weighted by atomic mass is 10.0. The maximum Gasteiger partial charge on any atom is 0.435 e. The smallest absolute Gasteiger partial charge is 0.233 e. The first-order chi connectivity index (χ1) is 12.5. The summed E-state index contributed by atoms with van der Waals surface area (Å²) in [6.45, 7) is 2.16. The summed E-state index contributed by atoms with van der Waals surface area (Å²) in [7, 11) is 0. The highest BCUT2D eigenvalue weighted by Crippen LogP contribution is 2.33. The van der Waals surface area contributed by atoms with Crippen molar-refractivity contribution in [1.29, 1.82) is 0 Å². The third-order valence-corrected chi connectivity index (χ3v) is 4.32. The molecule has 0 saturated carbocycles. The highest BCUT2D eigenvalue weighted by molar-refractivity contribution is 5.63. The largest absolute Gasteiger partial charge is 0.435 e. The molecular weight excluding hydrogens is 337 g/mol. The van der Waals surface area contributed by atoms with Crippen LogP contribution in [0.3, 0.4) is 0 Å². The summed E-state index contributed by atoms with van der Waals surface area (Å²) in [6.07, 6.45) is -0.0310. The third-order valence-electron chi connectivity index (χ3n) is 4.32. The molecule has 26 heavy (non-hydrogen) atoms. The maximum atomic E-state index is 13.2. The second-order valence-corrected chi connectivity index (χ2v) is 6.31. The standard InChI is InChI=1S/C21H21F3N2/c1-2-3-5-8-16-11-13-17(14-12-16)19-15-20(21(22,23)24)25-26(19)18-9-6-4-7-10-18/h4,6-7,9-15H,2-3,5,8H2,1H3. The lowest BCUT2D eigenvalue weighted by Gasteiger charge is -2.08. The quantitative estimate of drug-likeness (QED) is 0.473. The predicted octanol–water partition coefficient (Wildman–Crippen LogP) is 6.29. The van der Waals surface area contributed by atoms with Gasteiger partial charge < -0.3 is 0 Å². The van der Waals surface area contributed by atoms with Gasteiger partial charge in [0.1, 0.15) is 0 Å². The molecule has 1 heterocycles. The fraction of sp³-hybridized carbons (Fsp3) is 0.286. The van der Waals surface area contributed by atoms with Gasteiger partial charge in [0, 0.05) is 5.56 Å². The average Bonchev–Trinajstić information content (AvgIpc) is 3.09. The molecule has 1 aromatic heterocycles. The summed E-state index contributed by atoms with van der Waals surface area (Å²) in [6, 6.07) is 17.7. The molecule has 5 heteroatoms. The van der Waals surface area contributed by atoms with Gasteiger partial charge in [-0.3, -0.25) is 0 Å². The van der Waals surface area contributed by atoms with E-state index in [1.807, 2.05) is 30.3 Å². The van der Waals surface area contributed by atoms with Crippen LogP contribution in [0.2, 0.25) is 0 Å². The van der Waals surface area contributed by atoms with E-state index in [0.29, 0.717) is 11.4 Å². The fourth-order valence-electron chi connectivity index (χ4n) is 2.91. The number of aryl methyl sites for hydroxylation is 1. The van der Waals surface area contributed by atoms with Gasteiger partial charge in [-0.05, 0) is 36.6 Å². The number of aromatic nitrogens is 2. The zero-order valence-electron chi connectivity index (χ0n) is 14.6. The predicted molar refractivity (Wildman–Crippen MR) is 97.2 cm³/mol. The molecule has 3 aromatic rings. The Balaban J connectivity index is 1.97. The fourth-order valence-corrected chi connectivity index (χ4v) is 2.91. The second-order valence-electron chi connectivity index (χ2n) is 6.31. The number of halogens is 3. The minimum Gasteiger partial charge on any atom is -0.233 e. The Morgan fingerprint density at radius 2 is 1.62 bits per heavy atom. The minimum absolute atomic E-state index is 0.434. The molecule has 0 radical (unpaired) electrons. The number of hydrogen-bond donors (Lipinski definition) is 0. The minimum atomic E-state index is -4.48. The lowest BCUT2D eigenvalue weighted by molar-refractivity contribution is -0.141. The highest BCUT2D eigenvalue weighted by Gasteiger charge is 2.35. The molecule has 0 fully saturated rings. The molecule has 2 nitrogen and oxygen atoms in total. The van der Waals surface area contributed by atoms with Gasteiger partial charge in [0.05, 0.1) is 11.4 Å². The van der Waals surface area contributed by atoms with E-state index in [1.54, 1.807) is 24.3 Å². The molecular formula is C21H21F3N2. The summed E-state index contributed by atoms with van der Waals surface area (Å²) in [5, 5.41) is 3.80. The number of hydrogen-bond acceptors (Lipinski definition) is 1. The lowest BCUT2D eigenvalue weighted by Crippen LogP contribution is -2.07. The van der Waals surface area contributed by atoms with Crippen molar-refractivity contribution in [3.05, 3.63) is 71.9 Å². The van der Waals surface area contributed by atoms with Crippen LogP contribution in [0.5, 0.6) is 0 Å². The molecule has 0 amide bonds. The Labute approximate surface area is 151 Å². The van der Waals surface area contributed by atoms with Crippen LogP contribution >= 0.6 is 0 Å². The molecule has 3 rings (SSSR count). The van der Waals surface area contributed by atoms with Crippen LogP contribution in [0.15, 0.2) is 60.7 Å². The number of rotatable bonds is 6. The normalized spacial score (nSPS) is 11.7. The number of alkyl halides is 3. The molecule has 0 aliphatic carbocycles. The van der Waals surface area contributed by atoms with Crippen molar-refractivity contribution < 1.29 is 13.2 Å². The van der Waals surface area contributed by atoms with Gasteiger partial charge in [-0.15, -0.1) is 0 Å². The van der Waals surface area contributed by atoms with E-state index < -0.39 is 11.9 Å². The first-order valence-electron chi connectivity index (χ1n) is 8.81. The zero-order valence-corrected chi connectivity index (χ0v) is 14.6. The third kappa shape index (κ3) is 4.15. The number of unbranched alkanes of at least 4 members (excludes halogenated alkanes) is 2. The van der Waals surface area contributed by atoms with Crippen LogP contribution < -0.4 is 0 Å². The molecule has 0 aliphatic heterocycles. The first kappa shape index (κ1) is 18.2. The van der Waals surface area contributed by atoms with Gasteiger partial charge in [0.2, 0.25) is 0 Å². The van der Waals surface area contributed by atoms with E-state index in [9.17, 15) is 13.2 Å². The number of nitrogens with zero attached hydrogens (tertiary/aromatic N) is 2. The molecule has 2 aromatic carbocycles. The van der Waals surface area contributed by atoms with Crippen molar-refractivity contribution in [2.75, 3.05) is 0 Å². The molecule has 136 valence electrons. The van der Waals surface area contributed by atoms with E-state index in [0.717, 1.165) is 30.9 Å². The van der Waals surface area contributed by atoms with Crippen molar-refractivity contribution in [2.45, 2.75) is 38.8 Å². The highest BCUT2D eigenvalue weighted by atomic mass is 19.4. The van der Waals surface area contributed by atoms with Crippen molar-refractivity contribution in [3.63, 3.8) is 0 Å². The van der Waals surface area contributed by atoms with Crippen molar-refractivity contribution >= 4 is 0 Å². The Morgan fingerprint density at radius 1 is 0.923 bits per heavy atom. The van der Waals surface area contributed by atoms with Crippen molar-refractivity contribution in [2.24, 2.45) is 0 Å². The van der Waals surface area contributed by atoms with E-state index >= 15 is 0 Å². The topological polar surface area (TPSA) is 17.8 Å². The van der Waals surface area contributed by atoms with Crippen LogP contribution in [0.1, 0.15) is 37.4 Å². The van der Waals surface area contributed by atoms with Gasteiger partial charge in [0.25, 0.3) is 0 Å². The molecule has 0 atom stereocenters. The molecule has 0 bridgehead atoms. The molecule has 0 saturated heterocycles. The van der Waals surface area contributed by atoms with E-state index in [-0.39, 0.29) is 0 Å². The van der Waals surface area contributed by atoms with Crippen molar-refractivity contribution in [1.82, 2.24) is 9.78 Å². The monoisotopic (exact) mass is 358 g/mol. The zero-order chi connectivity index (χ0) is 18.6. The Morgan fingerprint density at radius 3 is 2.23 bits per heavy atom. The van der Waals surface area contributed by atoms with Crippen LogP contribution in [0, 0.1) is 0 Å². The summed E-state index contributed by atoms with van der Waals surface area (Å²) < 4.78 is 40.9. The average molecular weight is 358 g/mol. The van der Waals surface area contributed by atoms with Crippen LogP contribution in [0.4, 0.5) is 13.2 Å². The van der Waals surface area contributed by atoms with Crippen LogP contribution in [-0.2, 0) is 12.6 Å². The Hall–Kier alpha value is -2.56. The van der Waals surface area contributed by atoms with E-state index in [1.165, 1.54) is 16.7 Å². The maximum absolute atomic E-state index is 13.2.